The van der Waals surface area contributed by atoms with E-state index < -0.39 is 0 Å². The first-order valence-electron chi connectivity index (χ1n) is 6.66. The quantitative estimate of drug-likeness (QED) is 0.602. The molecule has 1 unspecified atom stereocenters. The molecule has 0 amide bonds. The van der Waals surface area contributed by atoms with E-state index >= 15 is 0 Å². The molecule has 0 spiro atoms. The summed E-state index contributed by atoms with van der Waals surface area (Å²) in [6.07, 6.45) is 1.64. The van der Waals surface area contributed by atoms with Gasteiger partial charge < -0.3 is 0 Å². The summed E-state index contributed by atoms with van der Waals surface area (Å²) in [7, 11) is 0. The van der Waals surface area contributed by atoms with Crippen molar-refractivity contribution < 1.29 is 4.39 Å². The Morgan fingerprint density at radius 3 is 2.40 bits per heavy atom. The molecule has 0 aliphatic carbocycles. The number of rotatable bonds is 5. The second kappa shape index (κ2) is 6.73. The van der Waals surface area contributed by atoms with Crippen molar-refractivity contribution in [3.8, 4) is 0 Å². The molecule has 2 aromatic rings. The molecule has 106 valence electrons. The molecule has 0 aliphatic heterocycles. The molecule has 3 heteroatoms. The Kier molecular flexibility index (Phi) is 5.22. The zero-order valence-electron chi connectivity index (χ0n) is 11.4. The molecule has 0 bridgehead atoms. The highest BCUT2D eigenvalue weighted by Crippen LogP contribution is 2.34. The fraction of sp³-hybridized carbons (Fsp3) is 0.294. The van der Waals surface area contributed by atoms with Gasteiger partial charge >= 0.3 is 0 Å². The standard InChI is InChI=1S/C17H17BrClF/c1-2-17(12-19,14-6-4-3-5-7-14)11-13-8-15(18)10-16(20)9-13/h3-10H,2,11-12H2,1H3. The third-order valence-electron chi connectivity index (χ3n) is 3.78. The fourth-order valence-corrected chi connectivity index (χ4v) is 3.50. The highest BCUT2D eigenvalue weighted by molar-refractivity contribution is 9.10. The third-order valence-corrected chi connectivity index (χ3v) is 4.75. The summed E-state index contributed by atoms with van der Waals surface area (Å²) in [4.78, 5) is 0. The molecule has 0 saturated heterocycles. The van der Waals surface area contributed by atoms with Crippen molar-refractivity contribution in [3.63, 3.8) is 0 Å². The molecule has 0 aliphatic rings. The van der Waals surface area contributed by atoms with E-state index in [1.165, 1.54) is 11.6 Å². The summed E-state index contributed by atoms with van der Waals surface area (Å²) < 4.78 is 14.3. The molecule has 0 fully saturated rings. The van der Waals surface area contributed by atoms with Gasteiger partial charge in [-0.3, -0.25) is 0 Å². The maximum Gasteiger partial charge on any atom is 0.124 e. The summed E-state index contributed by atoms with van der Waals surface area (Å²) in [5, 5.41) is 0. The average Bonchev–Trinajstić information content (AvgIpc) is 2.45. The van der Waals surface area contributed by atoms with Gasteiger partial charge in [0.15, 0.2) is 0 Å². The highest BCUT2D eigenvalue weighted by atomic mass is 79.9. The van der Waals surface area contributed by atoms with Crippen LogP contribution in [0.25, 0.3) is 0 Å². The second-order valence-corrected chi connectivity index (χ2v) is 6.27. The first kappa shape index (κ1) is 15.5. The van der Waals surface area contributed by atoms with Gasteiger partial charge in [0.25, 0.3) is 0 Å². The van der Waals surface area contributed by atoms with E-state index in [9.17, 15) is 4.39 Å². The van der Waals surface area contributed by atoms with Crippen molar-refractivity contribution >= 4 is 27.5 Å². The van der Waals surface area contributed by atoms with Gasteiger partial charge in [-0.15, -0.1) is 11.6 Å². The van der Waals surface area contributed by atoms with Gasteiger partial charge in [-0.05, 0) is 42.2 Å². The van der Waals surface area contributed by atoms with Crippen LogP contribution in [0.15, 0.2) is 53.0 Å². The summed E-state index contributed by atoms with van der Waals surface area (Å²) in [5.74, 6) is 0.295. The predicted molar refractivity (Wildman–Crippen MR) is 86.9 cm³/mol. The normalized spacial score (nSPS) is 14.0. The van der Waals surface area contributed by atoms with E-state index in [0.717, 1.165) is 22.9 Å². The lowest BCUT2D eigenvalue weighted by molar-refractivity contribution is 0.457. The van der Waals surface area contributed by atoms with E-state index in [1.807, 2.05) is 24.3 Å². The molecular weight excluding hydrogens is 339 g/mol. The second-order valence-electron chi connectivity index (χ2n) is 5.09. The monoisotopic (exact) mass is 354 g/mol. The zero-order valence-corrected chi connectivity index (χ0v) is 13.7. The fourth-order valence-electron chi connectivity index (χ4n) is 2.55. The SMILES string of the molecule is CCC(CCl)(Cc1cc(F)cc(Br)c1)c1ccccc1. The number of hydrogen-bond acceptors (Lipinski definition) is 0. The highest BCUT2D eigenvalue weighted by Gasteiger charge is 2.29. The van der Waals surface area contributed by atoms with Gasteiger partial charge in [-0.25, -0.2) is 4.39 Å². The van der Waals surface area contributed by atoms with Crippen molar-refractivity contribution in [3.05, 3.63) is 69.9 Å². The molecule has 0 aromatic heterocycles. The first-order chi connectivity index (χ1) is 9.59. The van der Waals surface area contributed by atoms with E-state index in [0.29, 0.717) is 5.88 Å². The minimum absolute atomic E-state index is 0.157. The lowest BCUT2D eigenvalue weighted by atomic mass is 9.75. The Labute approximate surface area is 133 Å². The van der Waals surface area contributed by atoms with Crippen LogP contribution in [0.4, 0.5) is 4.39 Å². The van der Waals surface area contributed by atoms with Crippen LogP contribution in [-0.4, -0.2) is 5.88 Å². The molecule has 0 radical (unpaired) electrons. The number of benzene rings is 2. The maximum atomic E-state index is 13.6. The van der Waals surface area contributed by atoms with Gasteiger partial charge in [-0.1, -0.05) is 53.2 Å². The van der Waals surface area contributed by atoms with Crippen LogP contribution in [0.3, 0.4) is 0 Å². The number of halogens is 3. The maximum absolute atomic E-state index is 13.6. The Morgan fingerprint density at radius 1 is 1.15 bits per heavy atom. The predicted octanol–water partition coefficient (Wildman–Crippen LogP) is 5.72. The van der Waals surface area contributed by atoms with E-state index in [2.05, 4.69) is 35.0 Å². The first-order valence-corrected chi connectivity index (χ1v) is 7.99. The van der Waals surface area contributed by atoms with Gasteiger partial charge in [0.2, 0.25) is 0 Å². The van der Waals surface area contributed by atoms with Gasteiger partial charge in [0.05, 0.1) is 0 Å². The molecule has 20 heavy (non-hydrogen) atoms. The van der Waals surface area contributed by atoms with Crippen LogP contribution in [0, 0.1) is 5.82 Å². The molecule has 0 saturated carbocycles. The Morgan fingerprint density at radius 2 is 1.85 bits per heavy atom. The summed E-state index contributed by atoms with van der Waals surface area (Å²) in [5.41, 5.74) is 2.01. The van der Waals surface area contributed by atoms with Crippen molar-refractivity contribution in [2.45, 2.75) is 25.2 Å². The number of hydrogen-bond donors (Lipinski definition) is 0. The molecule has 2 aromatic carbocycles. The van der Waals surface area contributed by atoms with Crippen LogP contribution < -0.4 is 0 Å². The Balaban J connectivity index is 2.39. The van der Waals surface area contributed by atoms with Gasteiger partial charge in [-0.2, -0.15) is 0 Å². The molecule has 0 N–H and O–H groups in total. The topological polar surface area (TPSA) is 0 Å². The smallest absolute Gasteiger partial charge is 0.124 e. The number of alkyl halides is 1. The summed E-state index contributed by atoms with van der Waals surface area (Å²) in [6, 6.07) is 15.3. The molecular formula is C17H17BrClF. The molecule has 1 atom stereocenters. The van der Waals surface area contributed by atoms with Crippen LogP contribution in [0.1, 0.15) is 24.5 Å². The average molecular weight is 356 g/mol. The van der Waals surface area contributed by atoms with E-state index in [1.54, 1.807) is 6.07 Å². The largest absolute Gasteiger partial charge is 0.207 e. The van der Waals surface area contributed by atoms with Gasteiger partial charge in [0, 0.05) is 15.8 Å². The summed E-state index contributed by atoms with van der Waals surface area (Å²) >= 11 is 9.63. The van der Waals surface area contributed by atoms with Crippen molar-refractivity contribution in [1.29, 1.82) is 0 Å². The van der Waals surface area contributed by atoms with E-state index in [4.69, 9.17) is 11.6 Å². The molecule has 0 heterocycles. The minimum Gasteiger partial charge on any atom is -0.207 e. The lowest BCUT2D eigenvalue weighted by Gasteiger charge is -2.31. The van der Waals surface area contributed by atoms with Crippen LogP contribution >= 0.6 is 27.5 Å². The van der Waals surface area contributed by atoms with Crippen molar-refractivity contribution in [1.82, 2.24) is 0 Å². The lowest BCUT2D eigenvalue weighted by Crippen LogP contribution is -2.30. The van der Waals surface area contributed by atoms with E-state index in [-0.39, 0.29) is 11.2 Å². The molecule has 2 rings (SSSR count). The summed E-state index contributed by atoms with van der Waals surface area (Å²) in [6.45, 7) is 2.13. The zero-order chi connectivity index (χ0) is 14.6. The Hall–Kier alpha value is -0.860. The van der Waals surface area contributed by atoms with Gasteiger partial charge in [0.1, 0.15) is 5.82 Å². The van der Waals surface area contributed by atoms with Crippen LogP contribution in [0.2, 0.25) is 0 Å². The third kappa shape index (κ3) is 3.42. The molecule has 0 nitrogen and oxygen atoms in total. The van der Waals surface area contributed by atoms with Crippen LogP contribution in [0.5, 0.6) is 0 Å². The van der Waals surface area contributed by atoms with Crippen LogP contribution in [-0.2, 0) is 11.8 Å². The minimum atomic E-state index is -0.220. The van der Waals surface area contributed by atoms with Crippen molar-refractivity contribution in [2.24, 2.45) is 0 Å². The Bertz CT molecular complexity index is 544. The van der Waals surface area contributed by atoms with Crippen molar-refractivity contribution in [2.75, 3.05) is 5.88 Å².